The highest BCUT2D eigenvalue weighted by atomic mass is 32.2. The minimum Gasteiger partial charge on any atom is -0.341 e. The Kier molecular flexibility index (Phi) is 7.74. The largest absolute Gasteiger partial charge is 0.341 e. The first-order valence-electron chi connectivity index (χ1n) is 14.5. The Morgan fingerprint density at radius 2 is 1.46 bits per heavy atom. The molecule has 1 aliphatic rings. The zero-order valence-corrected chi connectivity index (χ0v) is 23.9. The van der Waals surface area contributed by atoms with Gasteiger partial charge in [-0.1, -0.05) is 87.2 Å². The Morgan fingerprint density at radius 3 is 2.36 bits per heavy atom. The Bertz CT molecular complexity index is 1630. The normalized spacial score (nSPS) is 12.9. The highest BCUT2D eigenvalue weighted by molar-refractivity contribution is 7.99. The van der Waals surface area contributed by atoms with E-state index in [2.05, 4.69) is 108 Å². The van der Waals surface area contributed by atoms with E-state index < -0.39 is 0 Å². The molecule has 0 unspecified atom stereocenters. The molecular formula is C35H37N3S. The van der Waals surface area contributed by atoms with Gasteiger partial charge in [-0.25, -0.2) is 0 Å². The van der Waals surface area contributed by atoms with Crippen molar-refractivity contribution in [2.45, 2.75) is 68.7 Å². The van der Waals surface area contributed by atoms with Crippen molar-refractivity contribution in [2.75, 3.05) is 11.4 Å². The molecule has 4 aromatic carbocycles. The number of aryl methyl sites for hydroxylation is 1. The van der Waals surface area contributed by atoms with E-state index in [9.17, 15) is 0 Å². The van der Waals surface area contributed by atoms with Crippen molar-refractivity contribution in [3.8, 4) is 0 Å². The molecule has 3 nitrogen and oxygen atoms in total. The molecule has 0 saturated carbocycles. The monoisotopic (exact) mass is 531 g/mol. The van der Waals surface area contributed by atoms with Gasteiger partial charge in [0.25, 0.3) is 0 Å². The lowest BCUT2D eigenvalue weighted by atomic mass is 10.1. The number of hydrogen-bond donors (Lipinski definition) is 0. The molecule has 6 rings (SSSR count). The maximum atomic E-state index is 4.91. The van der Waals surface area contributed by atoms with E-state index in [1.165, 1.54) is 81.5 Å². The summed E-state index contributed by atoms with van der Waals surface area (Å²) >= 11 is 1.87. The Labute approximate surface area is 236 Å². The van der Waals surface area contributed by atoms with Crippen LogP contribution in [0.2, 0.25) is 0 Å². The second-order valence-corrected chi connectivity index (χ2v) is 11.5. The van der Waals surface area contributed by atoms with Crippen LogP contribution in [0.5, 0.6) is 0 Å². The van der Waals surface area contributed by atoms with E-state index in [0.717, 1.165) is 24.3 Å². The third kappa shape index (κ3) is 5.23. The van der Waals surface area contributed by atoms with Crippen LogP contribution in [0.15, 0.2) is 99.7 Å². The van der Waals surface area contributed by atoms with E-state index >= 15 is 0 Å². The predicted molar refractivity (Wildman–Crippen MR) is 170 cm³/mol. The molecule has 0 N–H and O–H groups in total. The van der Waals surface area contributed by atoms with Crippen LogP contribution in [0, 0.1) is 0 Å². The molecule has 1 aromatic heterocycles. The molecule has 0 bridgehead atoms. The maximum absolute atomic E-state index is 4.91. The van der Waals surface area contributed by atoms with E-state index in [1.807, 2.05) is 18.0 Å². The maximum Gasteiger partial charge on any atom is 0.0637 e. The third-order valence-electron chi connectivity index (χ3n) is 7.82. The fourth-order valence-corrected chi connectivity index (χ4v) is 6.98. The van der Waals surface area contributed by atoms with Gasteiger partial charge in [-0.15, -0.1) is 0 Å². The first kappa shape index (κ1) is 25.8. The number of nitrogens with zero attached hydrogens (tertiary/aromatic N) is 3. The second kappa shape index (κ2) is 11.7. The summed E-state index contributed by atoms with van der Waals surface area (Å²) in [6.07, 6.45) is 9.88. The number of aromatic nitrogens is 1. The van der Waals surface area contributed by atoms with Crippen molar-refractivity contribution < 1.29 is 0 Å². The number of rotatable bonds is 10. The number of aliphatic imine (C=N–C) groups is 1. The first-order chi connectivity index (χ1) is 19.3. The lowest BCUT2D eigenvalue weighted by molar-refractivity contribution is 0.608. The Hall–Kier alpha value is -3.50. The molecule has 1 aliphatic heterocycles. The van der Waals surface area contributed by atoms with Gasteiger partial charge in [0, 0.05) is 50.9 Å². The number of benzene rings is 4. The van der Waals surface area contributed by atoms with Crippen molar-refractivity contribution in [1.29, 1.82) is 0 Å². The van der Waals surface area contributed by atoms with Crippen molar-refractivity contribution in [2.24, 2.45) is 4.99 Å². The molecule has 0 spiro atoms. The highest BCUT2D eigenvalue weighted by Gasteiger charge is 2.23. The van der Waals surface area contributed by atoms with Crippen LogP contribution < -0.4 is 4.90 Å². The fraction of sp³-hybridized carbons (Fsp3) is 0.286. The molecule has 5 aromatic rings. The molecule has 2 heterocycles. The molecule has 0 fully saturated rings. The summed E-state index contributed by atoms with van der Waals surface area (Å²) in [7, 11) is 0. The Morgan fingerprint density at radius 1 is 0.692 bits per heavy atom. The first-order valence-corrected chi connectivity index (χ1v) is 15.3. The van der Waals surface area contributed by atoms with E-state index in [1.54, 1.807) is 0 Å². The molecule has 4 heteroatoms. The number of fused-ring (bicyclic) bond motifs is 5. The summed E-state index contributed by atoms with van der Waals surface area (Å²) in [6, 6.07) is 30.9. The predicted octanol–water partition coefficient (Wildman–Crippen LogP) is 10.5. The fourth-order valence-electron chi connectivity index (χ4n) is 5.83. The van der Waals surface area contributed by atoms with E-state index in [-0.39, 0.29) is 0 Å². The minimum atomic E-state index is 0.957. The lowest BCUT2D eigenvalue weighted by Gasteiger charge is -2.33. The van der Waals surface area contributed by atoms with Crippen molar-refractivity contribution in [1.82, 2.24) is 4.57 Å². The van der Waals surface area contributed by atoms with Gasteiger partial charge >= 0.3 is 0 Å². The Balaban J connectivity index is 1.25. The van der Waals surface area contributed by atoms with Gasteiger partial charge in [-0.05, 0) is 67.4 Å². The number of para-hydroxylation sites is 2. The van der Waals surface area contributed by atoms with Crippen molar-refractivity contribution >= 4 is 56.8 Å². The van der Waals surface area contributed by atoms with Gasteiger partial charge in [0.15, 0.2) is 0 Å². The molecule has 0 aliphatic carbocycles. The van der Waals surface area contributed by atoms with Gasteiger partial charge in [-0.3, -0.25) is 4.99 Å². The summed E-state index contributed by atoms with van der Waals surface area (Å²) < 4.78 is 2.38. The van der Waals surface area contributed by atoms with Crippen LogP contribution in [0.25, 0.3) is 21.8 Å². The zero-order valence-electron chi connectivity index (χ0n) is 23.1. The van der Waals surface area contributed by atoms with Gasteiger partial charge in [-0.2, -0.15) is 0 Å². The summed E-state index contributed by atoms with van der Waals surface area (Å²) in [4.78, 5) is 10.1. The standard InChI is InChI=1S/C35H37N3S/c1-3-5-6-7-8-13-22-38-32-16-11-12-17-34(32)39-35-23-26(18-20-33(35)38)25-36-27-19-21-31-29(24-27)28-14-9-10-15-30(28)37(31)4-2/h9-12,14-21,23-25H,3-8,13,22H2,1-2H3. The second-order valence-electron chi connectivity index (χ2n) is 10.4. The van der Waals surface area contributed by atoms with Gasteiger partial charge < -0.3 is 9.47 Å². The number of hydrogen-bond acceptors (Lipinski definition) is 3. The summed E-state index contributed by atoms with van der Waals surface area (Å²) in [6.45, 7) is 6.51. The van der Waals surface area contributed by atoms with Crippen LogP contribution >= 0.6 is 11.8 Å². The van der Waals surface area contributed by atoms with E-state index in [0.29, 0.717) is 0 Å². The van der Waals surface area contributed by atoms with Crippen molar-refractivity contribution in [3.63, 3.8) is 0 Å². The summed E-state index contributed by atoms with van der Waals surface area (Å²) in [5.74, 6) is 0. The topological polar surface area (TPSA) is 20.5 Å². The summed E-state index contributed by atoms with van der Waals surface area (Å²) in [5, 5.41) is 2.56. The van der Waals surface area contributed by atoms with E-state index in [4.69, 9.17) is 4.99 Å². The molecule has 0 atom stereocenters. The number of anilines is 2. The quantitative estimate of drug-likeness (QED) is 0.132. The zero-order chi connectivity index (χ0) is 26.6. The van der Waals surface area contributed by atoms with Crippen LogP contribution in [-0.2, 0) is 6.54 Å². The molecule has 0 saturated heterocycles. The molecule has 198 valence electrons. The van der Waals surface area contributed by atoms with Gasteiger partial charge in [0.1, 0.15) is 0 Å². The average molecular weight is 532 g/mol. The highest BCUT2D eigenvalue weighted by Crippen LogP contribution is 2.48. The third-order valence-corrected chi connectivity index (χ3v) is 8.93. The van der Waals surface area contributed by atoms with Crippen molar-refractivity contribution in [3.05, 3.63) is 90.5 Å². The van der Waals surface area contributed by atoms with Crippen LogP contribution in [0.3, 0.4) is 0 Å². The van der Waals surface area contributed by atoms with Crippen LogP contribution in [0.1, 0.15) is 57.9 Å². The SMILES string of the molecule is CCCCCCCCN1c2ccccc2Sc2cc(C=Nc3ccc4c(c3)c3ccccc3n4CC)ccc21. The van der Waals surface area contributed by atoms with Gasteiger partial charge in [0.05, 0.1) is 17.1 Å². The van der Waals surface area contributed by atoms with Crippen LogP contribution in [0.4, 0.5) is 17.1 Å². The molecule has 0 amide bonds. The smallest absolute Gasteiger partial charge is 0.0637 e. The molecule has 39 heavy (non-hydrogen) atoms. The average Bonchev–Trinajstić information content (AvgIpc) is 3.30. The molecule has 0 radical (unpaired) electrons. The van der Waals surface area contributed by atoms with Gasteiger partial charge in [0.2, 0.25) is 0 Å². The minimum absolute atomic E-state index is 0.957. The number of unbranched alkanes of at least 4 members (excludes halogenated alkanes) is 5. The molecular weight excluding hydrogens is 494 g/mol. The van der Waals surface area contributed by atoms with Crippen LogP contribution in [-0.4, -0.2) is 17.3 Å². The summed E-state index contributed by atoms with van der Waals surface area (Å²) in [5.41, 5.74) is 7.33. The lowest BCUT2D eigenvalue weighted by Crippen LogP contribution is -2.22.